The molecule has 0 bridgehead atoms. The van der Waals surface area contributed by atoms with Crippen molar-refractivity contribution in [2.75, 3.05) is 6.54 Å². The number of carbonyl (C=O) groups excluding carboxylic acids is 1. The van der Waals surface area contributed by atoms with Gasteiger partial charge in [-0.25, -0.2) is 4.79 Å². The zero-order valence-electron chi connectivity index (χ0n) is 12.9. The van der Waals surface area contributed by atoms with E-state index in [1.165, 1.54) is 11.1 Å². The fourth-order valence-electron chi connectivity index (χ4n) is 2.29. The van der Waals surface area contributed by atoms with E-state index in [-0.39, 0.29) is 12.1 Å². The Labute approximate surface area is 136 Å². The minimum Gasteiger partial charge on any atom is -0.338 e. The largest absolute Gasteiger partial charge is 0.338 e. The van der Waals surface area contributed by atoms with Crippen molar-refractivity contribution in [2.24, 2.45) is 0 Å². The van der Waals surface area contributed by atoms with E-state index in [2.05, 4.69) is 35.8 Å². The molecule has 116 valence electrons. The van der Waals surface area contributed by atoms with Gasteiger partial charge in [0.1, 0.15) is 0 Å². The zero-order chi connectivity index (χ0) is 15.9. The number of hydrogen-bond donors (Lipinski definition) is 2. The first-order valence-electron chi connectivity index (χ1n) is 7.40. The molecule has 0 fully saturated rings. The van der Waals surface area contributed by atoms with E-state index in [4.69, 9.17) is 11.6 Å². The Kier molecular flexibility index (Phi) is 5.84. The third-order valence-electron chi connectivity index (χ3n) is 3.48. The van der Waals surface area contributed by atoms with Crippen LogP contribution >= 0.6 is 11.6 Å². The molecule has 0 aliphatic carbocycles. The lowest BCUT2D eigenvalue weighted by Gasteiger charge is -2.15. The normalized spacial score (nSPS) is 11.8. The van der Waals surface area contributed by atoms with Crippen molar-refractivity contribution < 1.29 is 4.79 Å². The molecule has 0 radical (unpaired) electrons. The van der Waals surface area contributed by atoms with Crippen LogP contribution in [0, 0.1) is 6.92 Å². The summed E-state index contributed by atoms with van der Waals surface area (Å²) in [6, 6.07) is 15.6. The lowest BCUT2D eigenvalue weighted by atomic mass is 10.1. The molecule has 2 aromatic carbocycles. The van der Waals surface area contributed by atoms with Gasteiger partial charge < -0.3 is 10.6 Å². The molecule has 22 heavy (non-hydrogen) atoms. The SMILES string of the molecule is Cc1cccc(CCNC(=O)NC(C)c2cccc(Cl)c2)c1. The van der Waals surface area contributed by atoms with Crippen molar-refractivity contribution >= 4 is 17.6 Å². The van der Waals surface area contributed by atoms with Gasteiger partial charge in [-0.2, -0.15) is 0 Å². The molecule has 2 aromatic rings. The second kappa shape index (κ2) is 7.85. The van der Waals surface area contributed by atoms with Gasteiger partial charge in [0.15, 0.2) is 0 Å². The molecule has 3 nitrogen and oxygen atoms in total. The average molecular weight is 317 g/mol. The van der Waals surface area contributed by atoms with Crippen LogP contribution in [0.1, 0.15) is 29.7 Å². The van der Waals surface area contributed by atoms with Gasteiger partial charge in [-0.3, -0.25) is 0 Å². The van der Waals surface area contributed by atoms with Gasteiger partial charge in [0.05, 0.1) is 6.04 Å². The summed E-state index contributed by atoms with van der Waals surface area (Å²) in [5.41, 5.74) is 3.45. The van der Waals surface area contributed by atoms with E-state index in [9.17, 15) is 4.79 Å². The smallest absolute Gasteiger partial charge is 0.315 e. The van der Waals surface area contributed by atoms with Crippen LogP contribution in [-0.4, -0.2) is 12.6 Å². The summed E-state index contributed by atoms with van der Waals surface area (Å²) in [6.07, 6.45) is 0.820. The van der Waals surface area contributed by atoms with Crippen molar-refractivity contribution in [1.29, 1.82) is 0 Å². The molecule has 2 rings (SSSR count). The molecular formula is C18H21ClN2O. The molecule has 1 unspecified atom stereocenters. The Bertz CT molecular complexity index is 642. The van der Waals surface area contributed by atoms with Gasteiger partial charge in [0.25, 0.3) is 0 Å². The van der Waals surface area contributed by atoms with E-state index in [0.717, 1.165) is 12.0 Å². The summed E-state index contributed by atoms with van der Waals surface area (Å²) in [5.74, 6) is 0. The van der Waals surface area contributed by atoms with Crippen molar-refractivity contribution in [3.05, 3.63) is 70.2 Å². The number of aryl methyl sites for hydroxylation is 1. The third kappa shape index (κ3) is 5.08. The lowest BCUT2D eigenvalue weighted by Crippen LogP contribution is -2.38. The number of urea groups is 1. The summed E-state index contributed by atoms with van der Waals surface area (Å²) in [5, 5.41) is 6.47. The maximum atomic E-state index is 11.9. The number of amides is 2. The fraction of sp³-hybridized carbons (Fsp3) is 0.278. The third-order valence-corrected chi connectivity index (χ3v) is 3.71. The lowest BCUT2D eigenvalue weighted by molar-refractivity contribution is 0.238. The Morgan fingerprint density at radius 3 is 2.68 bits per heavy atom. The maximum Gasteiger partial charge on any atom is 0.315 e. The van der Waals surface area contributed by atoms with Gasteiger partial charge in [0, 0.05) is 11.6 Å². The van der Waals surface area contributed by atoms with E-state index < -0.39 is 0 Å². The standard InChI is InChI=1S/C18H21ClN2O/c1-13-5-3-6-15(11-13)9-10-20-18(22)21-14(2)16-7-4-8-17(19)12-16/h3-8,11-12,14H,9-10H2,1-2H3,(H2,20,21,22). The zero-order valence-corrected chi connectivity index (χ0v) is 13.7. The Morgan fingerprint density at radius 1 is 1.18 bits per heavy atom. The van der Waals surface area contributed by atoms with Crippen LogP contribution in [0.25, 0.3) is 0 Å². The number of carbonyl (C=O) groups is 1. The molecule has 0 aliphatic rings. The van der Waals surface area contributed by atoms with Crippen molar-refractivity contribution in [3.63, 3.8) is 0 Å². The molecule has 0 saturated heterocycles. The summed E-state index contributed by atoms with van der Waals surface area (Å²) in [4.78, 5) is 11.9. The van der Waals surface area contributed by atoms with E-state index in [0.29, 0.717) is 11.6 Å². The van der Waals surface area contributed by atoms with Crippen LogP contribution in [0.3, 0.4) is 0 Å². The number of rotatable bonds is 5. The van der Waals surface area contributed by atoms with Gasteiger partial charge in [-0.1, -0.05) is 53.6 Å². The number of benzene rings is 2. The average Bonchev–Trinajstić information content (AvgIpc) is 2.47. The second-order valence-electron chi connectivity index (χ2n) is 5.42. The van der Waals surface area contributed by atoms with Crippen LogP contribution in [-0.2, 0) is 6.42 Å². The summed E-state index contributed by atoms with van der Waals surface area (Å²) in [7, 11) is 0. The first kappa shape index (κ1) is 16.4. The highest BCUT2D eigenvalue weighted by Gasteiger charge is 2.09. The van der Waals surface area contributed by atoms with E-state index in [1.54, 1.807) is 0 Å². The molecule has 2 amide bonds. The highest BCUT2D eigenvalue weighted by Crippen LogP contribution is 2.17. The highest BCUT2D eigenvalue weighted by atomic mass is 35.5. The molecule has 1 atom stereocenters. The van der Waals surface area contributed by atoms with Crippen molar-refractivity contribution in [3.8, 4) is 0 Å². The van der Waals surface area contributed by atoms with Gasteiger partial charge >= 0.3 is 6.03 Å². The fourth-order valence-corrected chi connectivity index (χ4v) is 2.49. The van der Waals surface area contributed by atoms with Crippen LogP contribution < -0.4 is 10.6 Å². The first-order valence-corrected chi connectivity index (χ1v) is 7.78. The minimum absolute atomic E-state index is 0.0855. The highest BCUT2D eigenvalue weighted by molar-refractivity contribution is 6.30. The Balaban J connectivity index is 1.78. The predicted octanol–water partition coefficient (Wildman–Crippen LogP) is 4.25. The van der Waals surface area contributed by atoms with Crippen molar-refractivity contribution in [1.82, 2.24) is 10.6 Å². The maximum absolute atomic E-state index is 11.9. The number of halogens is 1. The van der Waals surface area contributed by atoms with E-state index >= 15 is 0 Å². The first-order chi connectivity index (χ1) is 10.5. The summed E-state index contributed by atoms with van der Waals surface area (Å²) in [6.45, 7) is 4.61. The molecular weight excluding hydrogens is 296 g/mol. The summed E-state index contributed by atoms with van der Waals surface area (Å²) < 4.78 is 0. The topological polar surface area (TPSA) is 41.1 Å². The second-order valence-corrected chi connectivity index (χ2v) is 5.85. The van der Waals surface area contributed by atoms with Crippen molar-refractivity contribution in [2.45, 2.75) is 26.3 Å². The molecule has 0 saturated carbocycles. The molecule has 0 spiro atoms. The molecule has 2 N–H and O–H groups in total. The summed E-state index contributed by atoms with van der Waals surface area (Å²) >= 11 is 5.96. The number of nitrogens with one attached hydrogen (secondary N) is 2. The van der Waals surface area contributed by atoms with E-state index in [1.807, 2.05) is 37.3 Å². The Hall–Kier alpha value is -2.00. The van der Waals surface area contributed by atoms with Gasteiger partial charge in [0.2, 0.25) is 0 Å². The van der Waals surface area contributed by atoms with Crippen LogP contribution in [0.15, 0.2) is 48.5 Å². The molecule has 4 heteroatoms. The predicted molar refractivity (Wildman–Crippen MR) is 91.3 cm³/mol. The number of hydrogen-bond acceptors (Lipinski definition) is 1. The van der Waals surface area contributed by atoms with Crippen LogP contribution in [0.2, 0.25) is 5.02 Å². The van der Waals surface area contributed by atoms with Gasteiger partial charge in [-0.05, 0) is 43.5 Å². The Morgan fingerprint density at radius 2 is 1.95 bits per heavy atom. The molecule has 0 heterocycles. The molecule has 0 aromatic heterocycles. The molecule has 0 aliphatic heterocycles. The minimum atomic E-state index is -0.167. The van der Waals surface area contributed by atoms with Gasteiger partial charge in [-0.15, -0.1) is 0 Å². The van der Waals surface area contributed by atoms with Crippen LogP contribution in [0.5, 0.6) is 0 Å². The monoisotopic (exact) mass is 316 g/mol. The van der Waals surface area contributed by atoms with Crippen LogP contribution in [0.4, 0.5) is 4.79 Å². The quantitative estimate of drug-likeness (QED) is 0.850.